The molecule has 1 heterocycles. The van der Waals surface area contributed by atoms with E-state index in [0.29, 0.717) is 18.2 Å². The summed E-state index contributed by atoms with van der Waals surface area (Å²) in [4.78, 5) is 13.0. The summed E-state index contributed by atoms with van der Waals surface area (Å²) in [6.45, 7) is 1.01. The van der Waals surface area contributed by atoms with Crippen LogP contribution in [0.15, 0.2) is 72.1 Å². The quantitative estimate of drug-likeness (QED) is 0.561. The lowest BCUT2D eigenvalue weighted by atomic mass is 10.2. The highest BCUT2D eigenvalue weighted by molar-refractivity contribution is 7.09. The Morgan fingerprint density at radius 3 is 2.69 bits per heavy atom. The molecule has 0 spiro atoms. The summed E-state index contributed by atoms with van der Waals surface area (Å²) >= 11 is 7.59. The van der Waals surface area contributed by atoms with Gasteiger partial charge in [0.2, 0.25) is 5.91 Å². The summed E-state index contributed by atoms with van der Waals surface area (Å²) in [5, 5.41) is 5.55. The number of carbonyl (C=O) groups is 1. The molecule has 132 valence electrons. The molecule has 0 radical (unpaired) electrons. The SMILES string of the molecule is O=C(/C=C/c1ccc(OCc2cccc(Cl)c2)cc1)NCc1cccs1. The van der Waals surface area contributed by atoms with E-state index in [1.807, 2.05) is 66.0 Å². The molecule has 0 unspecified atom stereocenters. The first-order chi connectivity index (χ1) is 12.7. The second-order valence-corrected chi connectivity index (χ2v) is 7.09. The Morgan fingerprint density at radius 2 is 1.96 bits per heavy atom. The van der Waals surface area contributed by atoms with Gasteiger partial charge in [0.1, 0.15) is 12.4 Å². The van der Waals surface area contributed by atoms with E-state index >= 15 is 0 Å². The normalized spacial score (nSPS) is 10.8. The van der Waals surface area contributed by atoms with Gasteiger partial charge in [0.25, 0.3) is 0 Å². The molecule has 0 bridgehead atoms. The Morgan fingerprint density at radius 1 is 1.12 bits per heavy atom. The molecule has 0 atom stereocenters. The predicted molar refractivity (Wildman–Crippen MR) is 107 cm³/mol. The summed E-state index contributed by atoms with van der Waals surface area (Å²) in [6.07, 6.45) is 3.32. The molecule has 26 heavy (non-hydrogen) atoms. The minimum absolute atomic E-state index is 0.111. The van der Waals surface area contributed by atoms with Crippen LogP contribution < -0.4 is 10.1 Å². The van der Waals surface area contributed by atoms with Crippen LogP contribution in [-0.4, -0.2) is 5.91 Å². The third-order valence-electron chi connectivity index (χ3n) is 3.62. The number of hydrogen-bond acceptors (Lipinski definition) is 3. The van der Waals surface area contributed by atoms with Crippen LogP contribution in [0.2, 0.25) is 5.02 Å². The van der Waals surface area contributed by atoms with Gasteiger partial charge in [0.15, 0.2) is 0 Å². The Bertz CT molecular complexity index is 873. The molecule has 1 aromatic heterocycles. The minimum atomic E-state index is -0.111. The molecule has 0 aliphatic rings. The number of halogens is 1. The van der Waals surface area contributed by atoms with Gasteiger partial charge in [-0.05, 0) is 52.9 Å². The smallest absolute Gasteiger partial charge is 0.244 e. The molecule has 0 fully saturated rings. The van der Waals surface area contributed by atoms with Crippen molar-refractivity contribution in [2.24, 2.45) is 0 Å². The number of ether oxygens (including phenoxy) is 1. The average Bonchev–Trinajstić information content (AvgIpc) is 3.17. The van der Waals surface area contributed by atoms with Crippen molar-refractivity contribution in [1.82, 2.24) is 5.32 Å². The largest absolute Gasteiger partial charge is 0.489 e. The summed E-state index contributed by atoms with van der Waals surface area (Å²) in [6, 6.07) is 19.1. The van der Waals surface area contributed by atoms with Crippen LogP contribution >= 0.6 is 22.9 Å². The molecule has 0 aliphatic carbocycles. The Balaban J connectivity index is 1.48. The fourth-order valence-electron chi connectivity index (χ4n) is 2.29. The van der Waals surface area contributed by atoms with E-state index in [-0.39, 0.29) is 5.91 Å². The van der Waals surface area contributed by atoms with Crippen LogP contribution in [0.1, 0.15) is 16.0 Å². The molecule has 0 saturated carbocycles. The third-order valence-corrected chi connectivity index (χ3v) is 4.73. The van der Waals surface area contributed by atoms with E-state index in [0.717, 1.165) is 21.8 Å². The third kappa shape index (κ3) is 5.76. The maximum Gasteiger partial charge on any atom is 0.244 e. The van der Waals surface area contributed by atoms with E-state index in [1.165, 1.54) is 6.08 Å². The second kappa shape index (κ2) is 9.22. The minimum Gasteiger partial charge on any atom is -0.489 e. The molecule has 2 aromatic carbocycles. The van der Waals surface area contributed by atoms with Crippen molar-refractivity contribution in [1.29, 1.82) is 0 Å². The molecule has 0 aliphatic heterocycles. The van der Waals surface area contributed by atoms with Gasteiger partial charge in [-0.15, -0.1) is 11.3 Å². The number of carbonyl (C=O) groups excluding carboxylic acids is 1. The first-order valence-electron chi connectivity index (χ1n) is 8.15. The van der Waals surface area contributed by atoms with Crippen LogP contribution in [0.3, 0.4) is 0 Å². The maximum atomic E-state index is 11.8. The number of amides is 1. The first-order valence-corrected chi connectivity index (χ1v) is 9.40. The highest BCUT2D eigenvalue weighted by Gasteiger charge is 1.99. The van der Waals surface area contributed by atoms with Gasteiger partial charge in [-0.25, -0.2) is 0 Å². The maximum absolute atomic E-state index is 11.8. The standard InChI is InChI=1S/C21H18ClNO2S/c22-18-4-1-3-17(13-18)15-25-19-9-6-16(7-10-19)8-11-21(24)23-14-20-5-2-12-26-20/h1-13H,14-15H2,(H,23,24)/b11-8+. The lowest BCUT2D eigenvalue weighted by molar-refractivity contribution is -0.116. The predicted octanol–water partition coefficient (Wildman–Crippen LogP) is 5.31. The number of benzene rings is 2. The van der Waals surface area contributed by atoms with Gasteiger partial charge in [-0.1, -0.05) is 41.9 Å². The highest BCUT2D eigenvalue weighted by Crippen LogP contribution is 2.17. The van der Waals surface area contributed by atoms with Crippen molar-refractivity contribution in [2.45, 2.75) is 13.2 Å². The van der Waals surface area contributed by atoms with E-state index in [1.54, 1.807) is 17.4 Å². The van der Waals surface area contributed by atoms with Crippen molar-refractivity contribution in [2.75, 3.05) is 0 Å². The Kier molecular flexibility index (Phi) is 6.47. The van der Waals surface area contributed by atoms with E-state index in [9.17, 15) is 4.79 Å². The monoisotopic (exact) mass is 383 g/mol. The molecule has 5 heteroatoms. The molecule has 0 saturated heterocycles. The number of rotatable bonds is 7. The van der Waals surface area contributed by atoms with Crippen LogP contribution in [0.5, 0.6) is 5.75 Å². The zero-order valence-electron chi connectivity index (χ0n) is 14.0. The molecule has 3 nitrogen and oxygen atoms in total. The number of nitrogens with one attached hydrogen (secondary N) is 1. The van der Waals surface area contributed by atoms with Gasteiger partial charge >= 0.3 is 0 Å². The Hall–Kier alpha value is -2.56. The Labute approximate surface area is 161 Å². The average molecular weight is 384 g/mol. The van der Waals surface area contributed by atoms with Crippen molar-refractivity contribution in [3.05, 3.63) is 93.1 Å². The number of hydrogen-bond donors (Lipinski definition) is 1. The van der Waals surface area contributed by atoms with Crippen LogP contribution in [0, 0.1) is 0 Å². The summed E-state index contributed by atoms with van der Waals surface area (Å²) in [5.41, 5.74) is 1.95. The van der Waals surface area contributed by atoms with Gasteiger partial charge < -0.3 is 10.1 Å². The van der Waals surface area contributed by atoms with Crippen LogP contribution in [0.25, 0.3) is 6.08 Å². The summed E-state index contributed by atoms with van der Waals surface area (Å²) in [5.74, 6) is 0.656. The van der Waals surface area contributed by atoms with Crippen molar-refractivity contribution in [3.8, 4) is 5.75 Å². The van der Waals surface area contributed by atoms with Crippen LogP contribution in [-0.2, 0) is 17.9 Å². The molecule has 3 aromatic rings. The van der Waals surface area contributed by atoms with Gasteiger partial charge in [-0.3, -0.25) is 4.79 Å². The van der Waals surface area contributed by atoms with Crippen LogP contribution in [0.4, 0.5) is 0 Å². The summed E-state index contributed by atoms with van der Waals surface area (Å²) < 4.78 is 5.75. The zero-order valence-corrected chi connectivity index (χ0v) is 15.6. The number of thiophene rings is 1. The second-order valence-electron chi connectivity index (χ2n) is 5.62. The van der Waals surface area contributed by atoms with E-state index in [2.05, 4.69) is 5.32 Å². The zero-order chi connectivity index (χ0) is 18.2. The lowest BCUT2D eigenvalue weighted by Crippen LogP contribution is -2.19. The van der Waals surface area contributed by atoms with Gasteiger partial charge in [-0.2, -0.15) is 0 Å². The fraction of sp³-hybridized carbons (Fsp3) is 0.0952. The molecular weight excluding hydrogens is 366 g/mol. The van der Waals surface area contributed by atoms with Crippen molar-refractivity contribution in [3.63, 3.8) is 0 Å². The first kappa shape index (κ1) is 18.2. The lowest BCUT2D eigenvalue weighted by Gasteiger charge is -2.07. The molecule has 3 rings (SSSR count). The highest BCUT2D eigenvalue weighted by atomic mass is 35.5. The van der Waals surface area contributed by atoms with E-state index in [4.69, 9.17) is 16.3 Å². The van der Waals surface area contributed by atoms with Crippen molar-refractivity contribution < 1.29 is 9.53 Å². The molecular formula is C21H18ClNO2S. The van der Waals surface area contributed by atoms with Crippen molar-refractivity contribution >= 4 is 34.9 Å². The topological polar surface area (TPSA) is 38.3 Å². The molecule has 1 N–H and O–H groups in total. The van der Waals surface area contributed by atoms with E-state index < -0.39 is 0 Å². The summed E-state index contributed by atoms with van der Waals surface area (Å²) in [7, 11) is 0. The molecule has 1 amide bonds. The van der Waals surface area contributed by atoms with Gasteiger partial charge in [0.05, 0.1) is 6.54 Å². The fourth-order valence-corrected chi connectivity index (χ4v) is 3.14. The van der Waals surface area contributed by atoms with Gasteiger partial charge in [0, 0.05) is 16.0 Å².